The third kappa shape index (κ3) is 2.06. The van der Waals surface area contributed by atoms with Crippen LogP contribution in [0.4, 0.5) is 13.2 Å². The van der Waals surface area contributed by atoms with Crippen LogP contribution in [0.3, 0.4) is 0 Å². The first-order chi connectivity index (χ1) is 5.96. The number of nitrogens with zero attached hydrogens (tertiary/aromatic N) is 1. The molecule has 13 heavy (non-hydrogen) atoms. The van der Waals surface area contributed by atoms with Gasteiger partial charge in [-0.3, -0.25) is 9.78 Å². The molecule has 0 spiro atoms. The molecule has 0 aliphatic rings. The average Bonchev–Trinajstić information content (AvgIpc) is 2.01. The number of alkyl halides is 3. The van der Waals surface area contributed by atoms with Gasteiger partial charge in [0.15, 0.2) is 6.29 Å². The van der Waals surface area contributed by atoms with E-state index >= 15 is 0 Å². The Morgan fingerprint density at radius 2 is 2.00 bits per heavy atom. The van der Waals surface area contributed by atoms with Gasteiger partial charge in [-0.15, -0.1) is 0 Å². The molecule has 1 aromatic rings. The highest BCUT2D eigenvalue weighted by Gasteiger charge is 2.35. The van der Waals surface area contributed by atoms with Crippen molar-refractivity contribution in [3.05, 3.63) is 28.0 Å². The van der Waals surface area contributed by atoms with E-state index in [9.17, 15) is 18.0 Å². The number of rotatable bonds is 1. The van der Waals surface area contributed by atoms with Crippen molar-refractivity contribution >= 4 is 22.2 Å². The van der Waals surface area contributed by atoms with Crippen LogP contribution in [-0.2, 0) is 6.18 Å². The normalized spacial score (nSPS) is 11.4. The van der Waals surface area contributed by atoms with Gasteiger partial charge in [-0.25, -0.2) is 0 Å². The standard InChI is InChI=1S/C7H3BrF3NO/c8-5-2-12-1-4(3-13)6(5)7(9,10)11/h1-3H. The van der Waals surface area contributed by atoms with Crippen molar-refractivity contribution in [1.82, 2.24) is 4.98 Å². The third-order valence-corrected chi connectivity index (χ3v) is 1.94. The predicted octanol–water partition coefficient (Wildman–Crippen LogP) is 2.68. The number of halogens is 4. The van der Waals surface area contributed by atoms with Crippen LogP contribution < -0.4 is 0 Å². The molecule has 0 unspecified atom stereocenters. The molecule has 0 atom stereocenters. The molecular formula is C7H3BrF3NO. The zero-order chi connectivity index (χ0) is 10.1. The summed E-state index contributed by atoms with van der Waals surface area (Å²) in [6.45, 7) is 0. The van der Waals surface area contributed by atoms with Gasteiger partial charge >= 0.3 is 6.18 Å². The maximum atomic E-state index is 12.3. The number of aromatic nitrogens is 1. The molecule has 0 aliphatic carbocycles. The Morgan fingerprint density at radius 1 is 1.38 bits per heavy atom. The van der Waals surface area contributed by atoms with E-state index < -0.39 is 17.3 Å². The molecule has 1 heterocycles. The Morgan fingerprint density at radius 3 is 2.38 bits per heavy atom. The molecule has 6 heteroatoms. The van der Waals surface area contributed by atoms with E-state index in [2.05, 4.69) is 20.9 Å². The van der Waals surface area contributed by atoms with Crippen molar-refractivity contribution in [3.8, 4) is 0 Å². The van der Waals surface area contributed by atoms with Crippen molar-refractivity contribution in [3.63, 3.8) is 0 Å². The van der Waals surface area contributed by atoms with Crippen LogP contribution in [0.1, 0.15) is 15.9 Å². The molecular weight excluding hydrogens is 251 g/mol. The van der Waals surface area contributed by atoms with E-state index in [1.807, 2.05) is 0 Å². The number of aldehydes is 1. The van der Waals surface area contributed by atoms with Crippen LogP contribution in [0.2, 0.25) is 0 Å². The molecule has 0 saturated heterocycles. The fraction of sp³-hybridized carbons (Fsp3) is 0.143. The molecule has 0 amide bonds. The van der Waals surface area contributed by atoms with Crippen LogP contribution >= 0.6 is 15.9 Å². The third-order valence-electron chi connectivity index (χ3n) is 1.34. The number of hydrogen-bond acceptors (Lipinski definition) is 2. The van der Waals surface area contributed by atoms with Crippen LogP contribution in [0.5, 0.6) is 0 Å². The van der Waals surface area contributed by atoms with E-state index in [0.29, 0.717) is 0 Å². The first kappa shape index (κ1) is 10.2. The quantitative estimate of drug-likeness (QED) is 0.721. The second kappa shape index (κ2) is 3.45. The minimum atomic E-state index is -4.54. The highest BCUT2D eigenvalue weighted by molar-refractivity contribution is 9.10. The summed E-state index contributed by atoms with van der Waals surface area (Å²) in [6.07, 6.45) is -2.55. The van der Waals surface area contributed by atoms with Crippen LogP contribution in [0.15, 0.2) is 16.9 Å². The topological polar surface area (TPSA) is 30.0 Å². The largest absolute Gasteiger partial charge is 0.418 e. The molecule has 70 valence electrons. The molecule has 0 N–H and O–H groups in total. The van der Waals surface area contributed by atoms with Crippen molar-refractivity contribution in [2.45, 2.75) is 6.18 Å². The van der Waals surface area contributed by atoms with Gasteiger partial charge in [-0.1, -0.05) is 0 Å². The van der Waals surface area contributed by atoms with Gasteiger partial charge in [0.2, 0.25) is 0 Å². The Hall–Kier alpha value is -0.910. The Balaban J connectivity index is 3.40. The van der Waals surface area contributed by atoms with E-state index in [1.54, 1.807) is 0 Å². The zero-order valence-corrected chi connectivity index (χ0v) is 7.69. The molecule has 1 aromatic heterocycles. The lowest BCUT2D eigenvalue weighted by molar-refractivity contribution is -0.138. The van der Waals surface area contributed by atoms with Crippen LogP contribution in [-0.4, -0.2) is 11.3 Å². The second-order valence-corrected chi connectivity index (χ2v) is 3.06. The lowest BCUT2D eigenvalue weighted by Gasteiger charge is -2.09. The highest BCUT2D eigenvalue weighted by Crippen LogP contribution is 2.35. The molecule has 0 radical (unpaired) electrons. The first-order valence-electron chi connectivity index (χ1n) is 3.12. The molecule has 0 bridgehead atoms. The summed E-state index contributed by atoms with van der Waals surface area (Å²) >= 11 is 2.68. The minimum Gasteiger partial charge on any atom is -0.298 e. The summed E-state index contributed by atoms with van der Waals surface area (Å²) in [4.78, 5) is 13.7. The summed E-state index contributed by atoms with van der Waals surface area (Å²) in [7, 11) is 0. The van der Waals surface area contributed by atoms with Crippen molar-refractivity contribution in [2.24, 2.45) is 0 Å². The molecule has 2 nitrogen and oxygen atoms in total. The fourth-order valence-corrected chi connectivity index (χ4v) is 1.41. The predicted molar refractivity (Wildman–Crippen MR) is 42.3 cm³/mol. The van der Waals surface area contributed by atoms with Crippen LogP contribution in [0, 0.1) is 0 Å². The van der Waals surface area contributed by atoms with E-state index in [4.69, 9.17) is 0 Å². The Labute approximate surface area is 79.9 Å². The van der Waals surface area contributed by atoms with Gasteiger partial charge in [0.1, 0.15) is 0 Å². The van der Waals surface area contributed by atoms with Gasteiger partial charge < -0.3 is 0 Å². The summed E-state index contributed by atoms with van der Waals surface area (Å²) in [5.41, 5.74) is -1.46. The molecule has 0 aromatic carbocycles. The first-order valence-corrected chi connectivity index (χ1v) is 3.92. The molecule has 0 aliphatic heterocycles. The van der Waals surface area contributed by atoms with Gasteiger partial charge in [0, 0.05) is 22.4 Å². The van der Waals surface area contributed by atoms with Gasteiger partial charge in [0.05, 0.1) is 5.56 Å². The monoisotopic (exact) mass is 253 g/mol. The summed E-state index contributed by atoms with van der Waals surface area (Å²) in [5.74, 6) is 0. The van der Waals surface area contributed by atoms with Crippen molar-refractivity contribution in [2.75, 3.05) is 0 Å². The maximum absolute atomic E-state index is 12.3. The number of carbonyl (C=O) groups excluding carboxylic acids is 1. The van der Waals surface area contributed by atoms with Gasteiger partial charge in [-0.2, -0.15) is 13.2 Å². The van der Waals surface area contributed by atoms with E-state index in [0.717, 1.165) is 12.4 Å². The van der Waals surface area contributed by atoms with Crippen LogP contribution in [0.25, 0.3) is 0 Å². The maximum Gasteiger partial charge on any atom is 0.418 e. The summed E-state index contributed by atoms with van der Waals surface area (Å²) < 4.78 is 36.6. The number of carbonyl (C=O) groups is 1. The highest BCUT2D eigenvalue weighted by atomic mass is 79.9. The summed E-state index contributed by atoms with van der Waals surface area (Å²) in [6, 6.07) is 0. The zero-order valence-electron chi connectivity index (χ0n) is 6.10. The Bertz CT molecular complexity index is 337. The number of hydrogen-bond donors (Lipinski definition) is 0. The second-order valence-electron chi connectivity index (χ2n) is 2.20. The van der Waals surface area contributed by atoms with Crippen molar-refractivity contribution < 1.29 is 18.0 Å². The van der Waals surface area contributed by atoms with E-state index in [-0.39, 0.29) is 10.8 Å². The number of pyridine rings is 1. The molecule has 0 saturated carbocycles. The smallest absolute Gasteiger partial charge is 0.298 e. The summed E-state index contributed by atoms with van der Waals surface area (Å²) in [5, 5.41) is 0. The fourth-order valence-electron chi connectivity index (χ4n) is 0.838. The Kier molecular flexibility index (Phi) is 2.70. The van der Waals surface area contributed by atoms with E-state index in [1.165, 1.54) is 0 Å². The minimum absolute atomic E-state index is 0.126. The average molecular weight is 254 g/mol. The lowest BCUT2D eigenvalue weighted by atomic mass is 10.1. The SMILES string of the molecule is O=Cc1cncc(Br)c1C(F)(F)F. The van der Waals surface area contributed by atoms with Gasteiger partial charge in [-0.05, 0) is 15.9 Å². The lowest BCUT2D eigenvalue weighted by Crippen LogP contribution is -2.10. The van der Waals surface area contributed by atoms with Gasteiger partial charge in [0.25, 0.3) is 0 Å². The van der Waals surface area contributed by atoms with Crippen molar-refractivity contribution in [1.29, 1.82) is 0 Å². The molecule has 1 rings (SSSR count). The molecule has 0 fully saturated rings.